The number of alkyl halides is 4. The summed E-state index contributed by atoms with van der Waals surface area (Å²) < 4.78 is 40.1. The monoisotopic (exact) mass is 320 g/mol. The Hall–Kier alpha value is -1.39. The maximum Gasteiger partial charge on any atom is 0.573 e. The van der Waals surface area contributed by atoms with Crippen LogP contribution >= 0.6 is 23.2 Å². The first kappa shape index (κ1) is 15.0. The van der Waals surface area contributed by atoms with Gasteiger partial charge >= 0.3 is 6.36 Å². The van der Waals surface area contributed by atoms with Gasteiger partial charge in [0.05, 0.1) is 0 Å². The van der Waals surface area contributed by atoms with E-state index in [2.05, 4.69) is 4.74 Å². The van der Waals surface area contributed by atoms with Crippen LogP contribution in [0.3, 0.4) is 0 Å². The summed E-state index contributed by atoms with van der Waals surface area (Å²) in [6, 6.07) is 10.8. The maximum absolute atomic E-state index is 12.1. The van der Waals surface area contributed by atoms with Crippen LogP contribution in [-0.2, 0) is 5.88 Å². The number of halogens is 5. The molecule has 0 amide bonds. The fraction of sp³-hybridized carbons (Fsp3) is 0.143. The van der Waals surface area contributed by atoms with Crippen LogP contribution in [-0.4, -0.2) is 6.36 Å². The van der Waals surface area contributed by atoms with E-state index in [0.717, 1.165) is 16.7 Å². The molecule has 2 aromatic carbocycles. The van der Waals surface area contributed by atoms with Crippen molar-refractivity contribution in [2.75, 3.05) is 0 Å². The SMILES string of the molecule is FC(F)(F)Oc1ccc(-c2cccc(Cl)c2CCl)cc1. The van der Waals surface area contributed by atoms with Gasteiger partial charge in [-0.25, -0.2) is 0 Å². The number of rotatable bonds is 3. The van der Waals surface area contributed by atoms with Gasteiger partial charge in [0.2, 0.25) is 0 Å². The molecule has 0 unspecified atom stereocenters. The summed E-state index contributed by atoms with van der Waals surface area (Å²) in [7, 11) is 0. The molecule has 0 radical (unpaired) electrons. The first-order valence-corrected chi connectivity index (χ1v) is 6.51. The minimum Gasteiger partial charge on any atom is -0.406 e. The number of ether oxygens (including phenoxy) is 1. The molecule has 0 aliphatic heterocycles. The molecule has 6 heteroatoms. The van der Waals surface area contributed by atoms with Crippen molar-refractivity contribution in [3.63, 3.8) is 0 Å². The molecule has 0 fully saturated rings. The number of hydrogen-bond acceptors (Lipinski definition) is 1. The van der Waals surface area contributed by atoms with Gasteiger partial charge in [0.15, 0.2) is 0 Å². The van der Waals surface area contributed by atoms with Gasteiger partial charge in [-0.05, 0) is 34.9 Å². The van der Waals surface area contributed by atoms with Crippen LogP contribution < -0.4 is 4.74 Å². The van der Waals surface area contributed by atoms with E-state index in [-0.39, 0.29) is 11.6 Å². The third-order valence-electron chi connectivity index (χ3n) is 2.65. The van der Waals surface area contributed by atoms with Crippen LogP contribution in [0, 0.1) is 0 Å². The molecule has 0 aromatic heterocycles. The maximum atomic E-state index is 12.1. The molecular weight excluding hydrogens is 312 g/mol. The third-order valence-corrected chi connectivity index (χ3v) is 3.27. The fourth-order valence-corrected chi connectivity index (χ4v) is 2.40. The molecule has 106 valence electrons. The second-order valence-corrected chi connectivity index (χ2v) is 4.65. The van der Waals surface area contributed by atoms with E-state index in [1.54, 1.807) is 12.1 Å². The van der Waals surface area contributed by atoms with E-state index in [9.17, 15) is 13.2 Å². The Morgan fingerprint density at radius 2 is 1.65 bits per heavy atom. The lowest BCUT2D eigenvalue weighted by Gasteiger charge is -2.11. The van der Waals surface area contributed by atoms with Gasteiger partial charge in [0.25, 0.3) is 0 Å². The summed E-state index contributed by atoms with van der Waals surface area (Å²) in [5, 5.41) is 0.521. The van der Waals surface area contributed by atoms with Gasteiger partial charge < -0.3 is 4.74 Å². The third kappa shape index (κ3) is 3.58. The summed E-state index contributed by atoms with van der Waals surface area (Å²) in [4.78, 5) is 0. The van der Waals surface area contributed by atoms with Crippen molar-refractivity contribution >= 4 is 23.2 Å². The van der Waals surface area contributed by atoms with Gasteiger partial charge in [0, 0.05) is 10.9 Å². The molecule has 0 bridgehead atoms. The lowest BCUT2D eigenvalue weighted by molar-refractivity contribution is -0.274. The second kappa shape index (κ2) is 5.94. The first-order valence-electron chi connectivity index (χ1n) is 5.60. The van der Waals surface area contributed by atoms with Gasteiger partial charge in [-0.1, -0.05) is 35.9 Å². The summed E-state index contributed by atoms with van der Waals surface area (Å²) in [6.45, 7) is 0. The molecule has 0 atom stereocenters. The van der Waals surface area contributed by atoms with Crippen LogP contribution in [0.1, 0.15) is 5.56 Å². The lowest BCUT2D eigenvalue weighted by atomic mass is 10.0. The zero-order valence-electron chi connectivity index (χ0n) is 10.0. The highest BCUT2D eigenvalue weighted by atomic mass is 35.5. The fourth-order valence-electron chi connectivity index (χ4n) is 1.80. The average molecular weight is 321 g/mol. The Kier molecular flexibility index (Phi) is 4.45. The van der Waals surface area contributed by atoms with Crippen molar-refractivity contribution < 1.29 is 17.9 Å². The first-order chi connectivity index (χ1) is 9.40. The quantitative estimate of drug-likeness (QED) is 0.664. The Morgan fingerprint density at radius 3 is 2.20 bits per heavy atom. The van der Waals surface area contributed by atoms with E-state index in [4.69, 9.17) is 23.2 Å². The van der Waals surface area contributed by atoms with Gasteiger partial charge in [-0.15, -0.1) is 24.8 Å². The molecule has 2 aromatic rings. The van der Waals surface area contributed by atoms with E-state index in [1.165, 1.54) is 24.3 Å². The van der Waals surface area contributed by atoms with Crippen molar-refractivity contribution in [2.24, 2.45) is 0 Å². The van der Waals surface area contributed by atoms with Crippen molar-refractivity contribution in [3.05, 3.63) is 53.1 Å². The molecule has 0 N–H and O–H groups in total. The summed E-state index contributed by atoms with van der Waals surface area (Å²) in [6.07, 6.45) is -4.70. The van der Waals surface area contributed by atoms with E-state index < -0.39 is 6.36 Å². The molecule has 0 saturated heterocycles. The van der Waals surface area contributed by atoms with E-state index in [1.807, 2.05) is 6.07 Å². The second-order valence-electron chi connectivity index (χ2n) is 3.97. The molecule has 0 aliphatic carbocycles. The van der Waals surface area contributed by atoms with Crippen LogP contribution in [0.4, 0.5) is 13.2 Å². The largest absolute Gasteiger partial charge is 0.573 e. The van der Waals surface area contributed by atoms with Crippen LogP contribution in [0.5, 0.6) is 5.75 Å². The number of hydrogen-bond donors (Lipinski definition) is 0. The van der Waals surface area contributed by atoms with Gasteiger partial charge in [-0.2, -0.15) is 0 Å². The predicted molar refractivity (Wildman–Crippen MR) is 73.1 cm³/mol. The molecule has 1 nitrogen and oxygen atoms in total. The molecule has 2 rings (SSSR count). The smallest absolute Gasteiger partial charge is 0.406 e. The van der Waals surface area contributed by atoms with E-state index in [0.29, 0.717) is 5.02 Å². The Morgan fingerprint density at radius 1 is 1.00 bits per heavy atom. The van der Waals surface area contributed by atoms with E-state index >= 15 is 0 Å². The van der Waals surface area contributed by atoms with Crippen molar-refractivity contribution in [2.45, 2.75) is 12.2 Å². The summed E-state index contributed by atoms with van der Waals surface area (Å²) >= 11 is 11.9. The minimum atomic E-state index is -4.70. The van der Waals surface area contributed by atoms with Crippen LogP contribution in [0.25, 0.3) is 11.1 Å². The highest BCUT2D eigenvalue weighted by molar-refractivity contribution is 6.32. The highest BCUT2D eigenvalue weighted by Gasteiger charge is 2.30. The normalized spacial score (nSPS) is 11.4. The molecular formula is C14H9Cl2F3O. The topological polar surface area (TPSA) is 9.23 Å². The van der Waals surface area contributed by atoms with Gasteiger partial charge in [0.1, 0.15) is 5.75 Å². The average Bonchev–Trinajstić information content (AvgIpc) is 2.37. The molecule has 0 heterocycles. The number of benzene rings is 2. The lowest BCUT2D eigenvalue weighted by Crippen LogP contribution is -2.16. The molecule has 0 spiro atoms. The highest BCUT2D eigenvalue weighted by Crippen LogP contribution is 2.32. The Bertz CT molecular complexity index is 594. The summed E-state index contributed by atoms with van der Waals surface area (Å²) in [5.41, 5.74) is 2.24. The predicted octanol–water partition coefficient (Wildman–Crippen LogP) is 5.64. The Labute approximate surface area is 123 Å². The Balaban J connectivity index is 2.33. The summed E-state index contributed by atoms with van der Waals surface area (Å²) in [5.74, 6) is -0.0498. The minimum absolute atomic E-state index is 0.218. The zero-order chi connectivity index (χ0) is 14.8. The molecule has 0 aliphatic rings. The molecule has 20 heavy (non-hydrogen) atoms. The van der Waals surface area contributed by atoms with Crippen LogP contribution in [0.15, 0.2) is 42.5 Å². The van der Waals surface area contributed by atoms with Crippen molar-refractivity contribution in [1.82, 2.24) is 0 Å². The van der Waals surface area contributed by atoms with Crippen molar-refractivity contribution in [3.8, 4) is 16.9 Å². The van der Waals surface area contributed by atoms with Crippen LogP contribution in [0.2, 0.25) is 5.02 Å². The van der Waals surface area contributed by atoms with Gasteiger partial charge in [-0.3, -0.25) is 0 Å². The van der Waals surface area contributed by atoms with Crippen molar-refractivity contribution in [1.29, 1.82) is 0 Å². The molecule has 0 saturated carbocycles. The standard InChI is InChI=1S/C14H9Cl2F3O/c15-8-12-11(2-1-3-13(12)16)9-4-6-10(7-5-9)20-14(17,18)19/h1-7H,8H2. The zero-order valence-corrected chi connectivity index (χ0v) is 11.6.